The summed E-state index contributed by atoms with van der Waals surface area (Å²) >= 11 is 0. The fourth-order valence-electron chi connectivity index (χ4n) is 3.97. The Morgan fingerprint density at radius 3 is 2.67 bits per heavy atom. The van der Waals surface area contributed by atoms with Crippen LogP contribution in [0.1, 0.15) is 24.0 Å². The van der Waals surface area contributed by atoms with Gasteiger partial charge in [0.15, 0.2) is 0 Å². The highest BCUT2D eigenvalue weighted by atomic mass is 16.2. The van der Waals surface area contributed by atoms with Gasteiger partial charge in [0, 0.05) is 44.5 Å². The smallest absolute Gasteiger partial charge is 0.324 e. The molecule has 0 spiro atoms. The van der Waals surface area contributed by atoms with Gasteiger partial charge in [-0.15, -0.1) is 0 Å². The third kappa shape index (κ3) is 4.42. The fourth-order valence-corrected chi connectivity index (χ4v) is 3.97. The maximum Gasteiger partial charge on any atom is 0.329 e. The highest BCUT2D eigenvalue weighted by Gasteiger charge is 2.26. The lowest BCUT2D eigenvalue weighted by Gasteiger charge is -2.36. The number of imidazole rings is 1. The molecule has 2 heterocycles. The summed E-state index contributed by atoms with van der Waals surface area (Å²) in [6.45, 7) is 2.92. The molecule has 0 atom stereocenters. The Balaban J connectivity index is 1.36. The van der Waals surface area contributed by atoms with Crippen LogP contribution in [0.4, 0.5) is 4.79 Å². The first-order valence-electron chi connectivity index (χ1n) is 10.2. The summed E-state index contributed by atoms with van der Waals surface area (Å²) in [5, 5.41) is 9.08. The number of aromatic nitrogens is 2. The summed E-state index contributed by atoms with van der Waals surface area (Å²) in [6.07, 6.45) is 5.21. The molecule has 2 aromatic carbocycles. The van der Waals surface area contributed by atoms with Crippen LogP contribution in [0.2, 0.25) is 0 Å². The second-order valence-electron chi connectivity index (χ2n) is 7.75. The van der Waals surface area contributed by atoms with Crippen molar-refractivity contribution in [3.8, 4) is 17.3 Å². The van der Waals surface area contributed by atoms with E-state index in [0.717, 1.165) is 38.0 Å². The number of piperidine rings is 1. The molecular weight excluding hydrogens is 374 g/mol. The molecule has 1 amide bonds. The average molecular weight is 399 g/mol. The van der Waals surface area contributed by atoms with Gasteiger partial charge in [0.1, 0.15) is 6.33 Å². The molecule has 6 heteroatoms. The maximum atomic E-state index is 13.0. The molecule has 1 saturated heterocycles. The van der Waals surface area contributed by atoms with Crippen molar-refractivity contribution in [1.82, 2.24) is 19.4 Å². The molecular formula is C24H25N5O. The minimum atomic E-state index is -0.0771. The molecule has 1 aliphatic heterocycles. The average Bonchev–Trinajstić information content (AvgIpc) is 3.30. The third-order valence-corrected chi connectivity index (χ3v) is 5.75. The van der Waals surface area contributed by atoms with Gasteiger partial charge in [-0.05, 0) is 30.5 Å². The van der Waals surface area contributed by atoms with Crippen LogP contribution in [0.25, 0.3) is 11.3 Å². The second-order valence-corrected chi connectivity index (χ2v) is 7.75. The van der Waals surface area contributed by atoms with Gasteiger partial charge in [0.2, 0.25) is 0 Å². The molecule has 0 unspecified atom stereocenters. The summed E-state index contributed by atoms with van der Waals surface area (Å²) in [5.74, 6) is 0. The van der Waals surface area contributed by atoms with Gasteiger partial charge in [0.05, 0.1) is 17.3 Å². The van der Waals surface area contributed by atoms with Gasteiger partial charge in [-0.1, -0.05) is 42.5 Å². The summed E-state index contributed by atoms with van der Waals surface area (Å²) in [6, 6.07) is 20.0. The van der Waals surface area contributed by atoms with Crippen molar-refractivity contribution in [3.05, 3.63) is 78.2 Å². The summed E-state index contributed by atoms with van der Waals surface area (Å²) in [4.78, 5) is 21.6. The molecule has 0 aliphatic carbocycles. The van der Waals surface area contributed by atoms with Crippen LogP contribution in [0.3, 0.4) is 0 Å². The number of benzene rings is 2. The van der Waals surface area contributed by atoms with Gasteiger partial charge in [-0.3, -0.25) is 9.47 Å². The van der Waals surface area contributed by atoms with Crippen LogP contribution >= 0.6 is 0 Å². The Morgan fingerprint density at radius 1 is 1.17 bits per heavy atom. The number of carbonyl (C=O) groups excluding carboxylic acids is 1. The highest BCUT2D eigenvalue weighted by molar-refractivity contribution is 5.78. The first kappa shape index (κ1) is 19.9. The number of amides is 1. The molecule has 4 rings (SSSR count). The van der Waals surface area contributed by atoms with Gasteiger partial charge >= 0.3 is 6.03 Å². The van der Waals surface area contributed by atoms with E-state index in [9.17, 15) is 4.79 Å². The standard InChI is InChI=1S/C24H25N5O/c1-27(22-10-12-28(13-11-22)16-19-6-3-2-4-7-19)24(30)29-17-23(26-18-29)21-9-5-8-20(14-21)15-25/h2-9,14,17-18,22H,10-13,16H2,1H3. The summed E-state index contributed by atoms with van der Waals surface area (Å²) in [5.41, 5.74) is 3.42. The van der Waals surface area contributed by atoms with Crippen molar-refractivity contribution in [3.63, 3.8) is 0 Å². The van der Waals surface area contributed by atoms with E-state index in [4.69, 9.17) is 5.26 Å². The molecule has 0 radical (unpaired) electrons. The number of likely N-dealkylation sites (tertiary alicyclic amines) is 1. The molecule has 30 heavy (non-hydrogen) atoms. The number of nitrogens with zero attached hydrogens (tertiary/aromatic N) is 5. The van der Waals surface area contributed by atoms with Crippen molar-refractivity contribution in [2.24, 2.45) is 0 Å². The van der Waals surface area contributed by atoms with E-state index in [2.05, 4.69) is 40.2 Å². The molecule has 0 saturated carbocycles. The lowest BCUT2D eigenvalue weighted by atomic mass is 10.0. The van der Waals surface area contributed by atoms with E-state index in [1.165, 1.54) is 10.1 Å². The Morgan fingerprint density at radius 2 is 1.93 bits per heavy atom. The quantitative estimate of drug-likeness (QED) is 0.665. The van der Waals surface area contributed by atoms with E-state index in [-0.39, 0.29) is 12.1 Å². The van der Waals surface area contributed by atoms with Crippen LogP contribution in [0.5, 0.6) is 0 Å². The molecule has 0 bridgehead atoms. The highest BCUT2D eigenvalue weighted by Crippen LogP contribution is 2.21. The first-order valence-corrected chi connectivity index (χ1v) is 10.2. The van der Waals surface area contributed by atoms with E-state index in [0.29, 0.717) is 11.3 Å². The van der Waals surface area contributed by atoms with Gasteiger partial charge in [-0.25, -0.2) is 9.78 Å². The van der Waals surface area contributed by atoms with Gasteiger partial charge < -0.3 is 4.90 Å². The number of carbonyl (C=O) groups is 1. The van der Waals surface area contributed by atoms with Crippen molar-refractivity contribution in [2.45, 2.75) is 25.4 Å². The van der Waals surface area contributed by atoms with Crippen LogP contribution < -0.4 is 0 Å². The maximum absolute atomic E-state index is 13.0. The van der Waals surface area contributed by atoms with Gasteiger partial charge in [0.25, 0.3) is 0 Å². The van der Waals surface area contributed by atoms with Crippen molar-refractivity contribution < 1.29 is 4.79 Å². The first-order chi connectivity index (χ1) is 14.6. The topological polar surface area (TPSA) is 65.2 Å². The summed E-state index contributed by atoms with van der Waals surface area (Å²) < 4.78 is 1.53. The number of hydrogen-bond donors (Lipinski definition) is 0. The van der Waals surface area contributed by atoms with Crippen LogP contribution in [0.15, 0.2) is 67.1 Å². The lowest BCUT2D eigenvalue weighted by molar-refractivity contribution is 0.132. The molecule has 152 valence electrons. The Kier molecular flexibility index (Phi) is 5.92. The molecule has 1 aliphatic rings. The van der Waals surface area contributed by atoms with Crippen LogP contribution in [-0.4, -0.2) is 51.6 Å². The van der Waals surface area contributed by atoms with E-state index in [1.807, 2.05) is 30.1 Å². The number of hydrogen-bond acceptors (Lipinski definition) is 4. The SMILES string of the molecule is CN(C(=O)n1cnc(-c2cccc(C#N)c2)c1)C1CCN(Cc2ccccc2)CC1. The normalized spacial score (nSPS) is 14.9. The zero-order chi connectivity index (χ0) is 20.9. The largest absolute Gasteiger partial charge is 0.329 e. The lowest BCUT2D eigenvalue weighted by Crippen LogP contribution is -2.46. The van der Waals surface area contributed by atoms with E-state index < -0.39 is 0 Å². The Hall–Kier alpha value is -3.43. The predicted molar refractivity (Wildman–Crippen MR) is 116 cm³/mol. The van der Waals surface area contributed by atoms with Crippen LogP contribution in [0, 0.1) is 11.3 Å². The molecule has 1 fully saturated rings. The second kappa shape index (κ2) is 8.93. The monoisotopic (exact) mass is 399 g/mol. The van der Waals surface area contributed by atoms with Crippen LogP contribution in [-0.2, 0) is 6.54 Å². The predicted octanol–water partition coefficient (Wildman–Crippen LogP) is 3.99. The molecule has 1 aromatic heterocycles. The molecule has 0 N–H and O–H groups in total. The zero-order valence-electron chi connectivity index (χ0n) is 17.1. The molecule has 6 nitrogen and oxygen atoms in total. The minimum Gasteiger partial charge on any atom is -0.324 e. The van der Waals surface area contributed by atoms with E-state index >= 15 is 0 Å². The zero-order valence-corrected chi connectivity index (χ0v) is 17.1. The minimum absolute atomic E-state index is 0.0771. The number of rotatable bonds is 4. The Bertz CT molecular complexity index is 1040. The van der Waals surface area contributed by atoms with Crippen molar-refractivity contribution in [2.75, 3.05) is 20.1 Å². The molecule has 3 aromatic rings. The number of nitriles is 1. The summed E-state index contributed by atoms with van der Waals surface area (Å²) in [7, 11) is 1.87. The van der Waals surface area contributed by atoms with Crippen molar-refractivity contribution >= 4 is 6.03 Å². The fraction of sp³-hybridized carbons (Fsp3) is 0.292. The van der Waals surface area contributed by atoms with Gasteiger partial charge in [-0.2, -0.15) is 5.26 Å². The van der Waals surface area contributed by atoms with E-state index in [1.54, 1.807) is 24.7 Å². The Labute approximate surface area is 177 Å². The third-order valence-electron chi connectivity index (χ3n) is 5.75. The van der Waals surface area contributed by atoms with Crippen molar-refractivity contribution in [1.29, 1.82) is 5.26 Å².